The van der Waals surface area contributed by atoms with Gasteiger partial charge in [-0.1, -0.05) is 0 Å². The molecule has 0 radical (unpaired) electrons. The summed E-state index contributed by atoms with van der Waals surface area (Å²) in [6.45, 7) is -4.13. The summed E-state index contributed by atoms with van der Waals surface area (Å²) in [6, 6.07) is -7.03. The van der Waals surface area contributed by atoms with Gasteiger partial charge in [0.05, 0.1) is 0 Å². The number of hydrogen-bond acceptors (Lipinski definition) is 29. The molecule has 4 rings (SSSR count). The first-order chi connectivity index (χ1) is 34.4. The lowest BCUT2D eigenvalue weighted by Crippen LogP contribution is -2.72. The molecule has 4 aliphatic rings. The minimum atomic E-state index is -2.15. The molecule has 416 valence electrons. The van der Waals surface area contributed by atoms with Crippen LogP contribution in [-0.2, 0) is 90.5 Å². The molecule has 1 unspecified atom stereocenters. The van der Waals surface area contributed by atoms with E-state index in [1.54, 1.807) is 0 Å². The molecule has 4 amide bonds. The normalized spacial score (nSPS) is 36.4. The van der Waals surface area contributed by atoms with Crippen molar-refractivity contribution in [2.75, 3.05) is 52.9 Å². The van der Waals surface area contributed by atoms with Crippen molar-refractivity contribution in [2.45, 2.75) is 150 Å². The van der Waals surface area contributed by atoms with Gasteiger partial charge in [0.2, 0.25) is 23.6 Å². The Morgan fingerprint density at radius 2 is 0.630 bits per heavy atom. The number of ether oxygens (including phenoxy) is 11. The molecule has 4 saturated heterocycles. The van der Waals surface area contributed by atoms with Crippen molar-refractivity contribution >= 4 is 47.5 Å². The number of nitrogens with one attached hydrogen (secondary N) is 4. The van der Waals surface area contributed by atoms with Gasteiger partial charge in [-0.3, -0.25) is 19.2 Å². The van der Waals surface area contributed by atoms with Crippen molar-refractivity contribution < 1.29 is 142 Å². The summed E-state index contributed by atoms with van der Waals surface area (Å²) in [5.41, 5.74) is 0. The van der Waals surface area contributed by atoms with Crippen molar-refractivity contribution in [3.8, 4) is 0 Å². The second-order valence-electron chi connectivity index (χ2n) is 16.7. The number of carbonyl (C=O) groups excluding carboxylic acids is 8. The van der Waals surface area contributed by atoms with Crippen LogP contribution < -0.4 is 21.3 Å². The second kappa shape index (κ2) is 28.1. The quantitative estimate of drug-likeness (QED) is 0.0354. The van der Waals surface area contributed by atoms with Crippen LogP contribution in [0.1, 0.15) is 27.7 Å². The Balaban J connectivity index is 1.77. The third-order valence-corrected chi connectivity index (χ3v) is 11.2. The van der Waals surface area contributed by atoms with Gasteiger partial charge < -0.3 is 124 Å². The molecule has 4 fully saturated rings. The number of aliphatic hydroxyl groups is 10. The number of esters is 4. The minimum absolute atomic E-state index is 0.774. The summed E-state index contributed by atoms with van der Waals surface area (Å²) in [6.07, 6.45) is -30.7. The zero-order valence-electron chi connectivity index (χ0n) is 39.4. The molecule has 33 nitrogen and oxygen atoms in total. The molecular weight excluding hydrogens is 1000 g/mol. The maximum atomic E-state index is 12.8. The lowest BCUT2D eigenvalue weighted by atomic mass is 9.93. The predicted octanol–water partition coefficient (Wildman–Crippen LogP) is -11.0. The first-order valence-electron chi connectivity index (χ1n) is 22.3. The molecule has 0 aromatic heterocycles. The average Bonchev–Trinajstić information content (AvgIpc) is 3.33. The van der Waals surface area contributed by atoms with Crippen LogP contribution >= 0.6 is 0 Å². The molecule has 4 heterocycles. The van der Waals surface area contributed by atoms with Gasteiger partial charge in [-0.25, -0.2) is 19.2 Å². The summed E-state index contributed by atoms with van der Waals surface area (Å²) in [5, 5.41) is 115. The lowest BCUT2D eigenvalue weighted by Gasteiger charge is -2.51. The molecule has 73 heavy (non-hydrogen) atoms. The van der Waals surface area contributed by atoms with Crippen LogP contribution in [0.3, 0.4) is 0 Å². The van der Waals surface area contributed by atoms with Crippen LogP contribution in [0.4, 0.5) is 0 Å². The Morgan fingerprint density at radius 3 is 0.945 bits per heavy atom. The summed E-state index contributed by atoms with van der Waals surface area (Å²) in [7, 11) is 0. The van der Waals surface area contributed by atoms with E-state index < -0.39 is 223 Å². The summed E-state index contributed by atoms with van der Waals surface area (Å²) in [4.78, 5) is 98.1. The highest BCUT2D eigenvalue weighted by molar-refractivity contribution is 5.75. The highest BCUT2D eigenvalue weighted by Crippen LogP contribution is 2.35. The SMILES string of the molecule is CC(=O)N[C@H]1[C@H](O[C@H]2[C@H](O)[C@@H](NC(C)=O)C(O)O[C@@H]2COC(=O)CO)O[C@H](COC(=O)CO)[C@@H](O[C@@H]2O[C@H](COC(=O)CO)[C@@H](O[C@@H]3O[C@H](COC(=O)CO)[C@@H](O)[C@H](O)[C@H]3NC(C)=O)[C@H](O)[C@H]2NC(C)=O)[C@@H]1O. The van der Waals surface area contributed by atoms with Crippen LogP contribution in [0.5, 0.6) is 0 Å². The fourth-order valence-electron chi connectivity index (χ4n) is 8.00. The predicted molar refractivity (Wildman–Crippen MR) is 224 cm³/mol. The Labute approximate surface area is 413 Å². The van der Waals surface area contributed by atoms with E-state index in [4.69, 9.17) is 57.2 Å². The molecule has 33 heteroatoms. The van der Waals surface area contributed by atoms with Crippen LogP contribution in [0.2, 0.25) is 0 Å². The van der Waals surface area contributed by atoms with Gasteiger partial charge in [0.1, 0.15) is 150 Å². The minimum Gasteiger partial charge on any atom is -0.461 e. The molecular formula is C40H62N4O29. The molecule has 0 saturated carbocycles. The second-order valence-corrected chi connectivity index (χ2v) is 16.7. The molecule has 0 aromatic carbocycles. The van der Waals surface area contributed by atoms with Crippen LogP contribution in [0.25, 0.3) is 0 Å². The average molecular weight is 1060 g/mol. The first kappa shape index (κ1) is 60.6. The first-order valence-corrected chi connectivity index (χ1v) is 22.3. The van der Waals surface area contributed by atoms with E-state index in [1.807, 2.05) is 0 Å². The van der Waals surface area contributed by atoms with Crippen LogP contribution in [0, 0.1) is 0 Å². The van der Waals surface area contributed by atoms with E-state index in [9.17, 15) is 84.3 Å². The van der Waals surface area contributed by atoms with Crippen LogP contribution in [-0.4, -0.2) is 274 Å². The van der Waals surface area contributed by atoms with Gasteiger partial charge in [0.15, 0.2) is 25.2 Å². The van der Waals surface area contributed by atoms with E-state index in [2.05, 4.69) is 21.3 Å². The molecule has 20 atom stereocenters. The number of rotatable bonds is 22. The van der Waals surface area contributed by atoms with E-state index in [1.165, 1.54) is 0 Å². The highest BCUT2D eigenvalue weighted by Gasteiger charge is 2.57. The van der Waals surface area contributed by atoms with Gasteiger partial charge in [-0.15, -0.1) is 0 Å². The van der Waals surface area contributed by atoms with E-state index in [-0.39, 0.29) is 0 Å². The van der Waals surface area contributed by atoms with Gasteiger partial charge in [-0.05, 0) is 0 Å². The topological polar surface area (TPSA) is 489 Å². The Morgan fingerprint density at radius 1 is 0.370 bits per heavy atom. The lowest BCUT2D eigenvalue weighted by molar-refractivity contribution is -0.362. The number of aliphatic hydroxyl groups excluding tert-OH is 10. The smallest absolute Gasteiger partial charge is 0.331 e. The summed E-state index contributed by atoms with van der Waals surface area (Å²) >= 11 is 0. The summed E-state index contributed by atoms with van der Waals surface area (Å²) in [5.74, 6) is -8.26. The molecule has 0 bridgehead atoms. The number of carbonyl (C=O) groups is 8. The van der Waals surface area contributed by atoms with E-state index >= 15 is 0 Å². The molecule has 4 aliphatic heterocycles. The Kier molecular flexibility index (Phi) is 23.3. The van der Waals surface area contributed by atoms with Crippen molar-refractivity contribution in [1.82, 2.24) is 21.3 Å². The van der Waals surface area contributed by atoms with Gasteiger partial charge in [0, 0.05) is 27.7 Å². The zero-order valence-corrected chi connectivity index (χ0v) is 39.4. The van der Waals surface area contributed by atoms with Crippen molar-refractivity contribution in [3.05, 3.63) is 0 Å². The maximum absolute atomic E-state index is 12.8. The fourth-order valence-corrected chi connectivity index (χ4v) is 8.00. The molecule has 0 aromatic rings. The zero-order chi connectivity index (χ0) is 54.4. The molecule has 0 spiro atoms. The van der Waals surface area contributed by atoms with E-state index in [0.717, 1.165) is 27.7 Å². The maximum Gasteiger partial charge on any atom is 0.331 e. The van der Waals surface area contributed by atoms with Crippen LogP contribution in [0.15, 0.2) is 0 Å². The third-order valence-electron chi connectivity index (χ3n) is 11.2. The largest absolute Gasteiger partial charge is 0.461 e. The van der Waals surface area contributed by atoms with Gasteiger partial charge in [0.25, 0.3) is 0 Å². The van der Waals surface area contributed by atoms with Crippen molar-refractivity contribution in [1.29, 1.82) is 0 Å². The molecule has 14 N–H and O–H groups in total. The van der Waals surface area contributed by atoms with Gasteiger partial charge in [-0.2, -0.15) is 0 Å². The Hall–Kier alpha value is -4.92. The Bertz CT molecular complexity index is 1900. The number of hydrogen-bond donors (Lipinski definition) is 14. The number of amides is 4. The standard InChI is InChI=1S/C40H62N4O29/c1-13(49)41-25-31(59)34(18(67-37(25)62)10-64-22(54)6-46)71-39-27(43-15(3)51)33(61)36(20(69-39)12-66-24(56)8-48)73-40-28(44-16(4)52)32(60)35(19(70-40)11-65-23(55)7-47)72-38-26(42-14(2)50)30(58)29(57)17(68-38)9-63-21(53)5-45/h17-20,25-40,45-48,57-62H,5-12H2,1-4H3,(H,41,49)(H,42,50)(H,43,51)(H,44,52)/t17-,18-,19-,20-,25-,26-,27-,28-,29-,30-,31-,32-,33-,34-,35-,36-,37?,38+,39+,40+/m1/s1. The fraction of sp³-hybridized carbons (Fsp3) is 0.800. The van der Waals surface area contributed by atoms with Gasteiger partial charge >= 0.3 is 23.9 Å². The highest BCUT2D eigenvalue weighted by atomic mass is 16.8. The van der Waals surface area contributed by atoms with E-state index in [0.29, 0.717) is 0 Å². The third kappa shape index (κ3) is 16.5. The van der Waals surface area contributed by atoms with Crippen molar-refractivity contribution in [3.63, 3.8) is 0 Å². The monoisotopic (exact) mass is 1060 g/mol. The van der Waals surface area contributed by atoms with Crippen molar-refractivity contribution in [2.24, 2.45) is 0 Å². The summed E-state index contributed by atoms with van der Waals surface area (Å²) < 4.78 is 61.7. The molecule has 0 aliphatic carbocycles.